The Morgan fingerprint density at radius 1 is 1.38 bits per heavy atom. The molecule has 0 radical (unpaired) electrons. The largest absolute Gasteiger partial charge is 0.492 e. The lowest BCUT2D eigenvalue weighted by atomic mass is 10.1. The van der Waals surface area contributed by atoms with Gasteiger partial charge < -0.3 is 15.8 Å². The molecule has 4 N–H and O–H groups in total. The van der Waals surface area contributed by atoms with Gasteiger partial charge in [0.25, 0.3) is 0 Å². The second-order valence-corrected chi connectivity index (χ2v) is 5.68. The van der Waals surface area contributed by atoms with E-state index in [0.29, 0.717) is 18.0 Å². The molecule has 6 nitrogen and oxygen atoms in total. The van der Waals surface area contributed by atoms with Crippen molar-refractivity contribution in [2.24, 2.45) is 10.7 Å². The second-order valence-electron chi connectivity index (χ2n) is 5.68. The van der Waals surface area contributed by atoms with E-state index < -0.39 is 6.03 Å². The molecule has 0 saturated carbocycles. The summed E-state index contributed by atoms with van der Waals surface area (Å²) in [5, 5.41) is 5.25. The Morgan fingerprint density at radius 3 is 2.62 bits per heavy atom. The zero-order valence-corrected chi connectivity index (χ0v) is 13.3. The number of hydrogen-bond acceptors (Lipinski definition) is 3. The van der Waals surface area contributed by atoms with Gasteiger partial charge in [0.2, 0.25) is 5.96 Å². The van der Waals surface area contributed by atoms with E-state index in [0.717, 1.165) is 5.56 Å². The lowest BCUT2D eigenvalue weighted by Crippen LogP contribution is -2.50. The predicted molar refractivity (Wildman–Crippen MR) is 85.1 cm³/mol. The van der Waals surface area contributed by atoms with Crippen molar-refractivity contribution < 1.29 is 9.53 Å². The van der Waals surface area contributed by atoms with Crippen LogP contribution in [0.2, 0.25) is 0 Å². The van der Waals surface area contributed by atoms with E-state index in [4.69, 9.17) is 10.5 Å². The van der Waals surface area contributed by atoms with Gasteiger partial charge in [-0.25, -0.2) is 9.79 Å². The molecule has 0 fully saturated rings. The summed E-state index contributed by atoms with van der Waals surface area (Å²) in [6, 6.07) is 5.21. The van der Waals surface area contributed by atoms with E-state index in [1.54, 1.807) is 0 Å². The molecule has 116 valence electrons. The summed E-state index contributed by atoms with van der Waals surface area (Å²) in [5.74, 6) is 0.658. The van der Waals surface area contributed by atoms with Crippen LogP contribution in [0.3, 0.4) is 0 Å². The summed E-state index contributed by atoms with van der Waals surface area (Å²) in [5.41, 5.74) is 6.98. The van der Waals surface area contributed by atoms with Crippen molar-refractivity contribution in [1.29, 1.82) is 0 Å². The Kier molecular flexibility index (Phi) is 5.58. The smallest absolute Gasteiger partial charge is 0.321 e. The lowest BCUT2D eigenvalue weighted by Gasteiger charge is -2.20. The summed E-state index contributed by atoms with van der Waals surface area (Å²) in [6.07, 6.45) is 0. The summed E-state index contributed by atoms with van der Waals surface area (Å²) in [6.45, 7) is 9.99. The number of aliphatic imine (C=N–C) groups is 1. The average molecular weight is 292 g/mol. The third-order valence-electron chi connectivity index (χ3n) is 2.46. The first-order valence-corrected chi connectivity index (χ1v) is 6.88. The fourth-order valence-corrected chi connectivity index (χ4v) is 1.68. The first-order valence-electron chi connectivity index (χ1n) is 6.88. The van der Waals surface area contributed by atoms with Crippen molar-refractivity contribution in [1.82, 2.24) is 10.6 Å². The van der Waals surface area contributed by atoms with Crippen LogP contribution in [0.5, 0.6) is 5.75 Å². The Labute approximate surface area is 125 Å². The second kappa shape index (κ2) is 6.97. The van der Waals surface area contributed by atoms with E-state index in [-0.39, 0.29) is 11.5 Å². The van der Waals surface area contributed by atoms with Gasteiger partial charge in [-0.05, 0) is 46.2 Å². The molecule has 0 bridgehead atoms. The normalized spacial score (nSPS) is 12.0. The maximum absolute atomic E-state index is 11.7. The number of amides is 2. The molecule has 1 aromatic rings. The van der Waals surface area contributed by atoms with Crippen molar-refractivity contribution in [2.45, 2.75) is 40.2 Å². The molecule has 0 atom stereocenters. The van der Waals surface area contributed by atoms with Gasteiger partial charge in [-0.15, -0.1) is 0 Å². The number of para-hydroxylation sites is 1. The highest BCUT2D eigenvalue weighted by Crippen LogP contribution is 2.30. The van der Waals surface area contributed by atoms with Crippen LogP contribution in [0, 0.1) is 6.92 Å². The van der Waals surface area contributed by atoms with Gasteiger partial charge in [-0.2, -0.15) is 0 Å². The molecule has 1 rings (SSSR count). The number of ether oxygens (including phenoxy) is 1. The van der Waals surface area contributed by atoms with E-state index in [1.165, 1.54) is 0 Å². The van der Waals surface area contributed by atoms with E-state index in [1.807, 2.05) is 52.8 Å². The molecule has 0 heterocycles. The van der Waals surface area contributed by atoms with Crippen LogP contribution in [-0.4, -0.2) is 24.1 Å². The number of nitrogens with two attached hydrogens (primary N) is 1. The fraction of sp³-hybridized carbons (Fsp3) is 0.467. The third kappa shape index (κ3) is 5.72. The molecule has 21 heavy (non-hydrogen) atoms. The molecule has 0 aliphatic heterocycles. The SMILES string of the molecule is CCOc1cccc(C)c1N=C(N)NC(=O)NC(C)(C)C. The molecule has 0 spiro atoms. The number of urea groups is 1. The molecule has 0 aliphatic rings. The van der Waals surface area contributed by atoms with Gasteiger partial charge >= 0.3 is 6.03 Å². The molecule has 6 heteroatoms. The quantitative estimate of drug-likeness (QED) is 0.590. The van der Waals surface area contributed by atoms with Crippen LogP contribution >= 0.6 is 0 Å². The predicted octanol–water partition coefficient (Wildman–Crippen LogP) is 2.44. The monoisotopic (exact) mass is 292 g/mol. The summed E-state index contributed by atoms with van der Waals surface area (Å²) >= 11 is 0. The Morgan fingerprint density at radius 2 is 2.05 bits per heavy atom. The number of benzene rings is 1. The van der Waals surface area contributed by atoms with Gasteiger partial charge in [0.05, 0.1) is 6.61 Å². The van der Waals surface area contributed by atoms with Crippen LogP contribution in [0.4, 0.5) is 10.5 Å². The first-order chi connectivity index (χ1) is 9.73. The number of rotatable bonds is 3. The minimum absolute atomic E-state index is 0.0204. The van der Waals surface area contributed by atoms with Gasteiger partial charge in [0, 0.05) is 5.54 Å². The fourth-order valence-electron chi connectivity index (χ4n) is 1.68. The summed E-state index contributed by atoms with van der Waals surface area (Å²) in [4.78, 5) is 16.0. The van der Waals surface area contributed by atoms with Crippen molar-refractivity contribution in [2.75, 3.05) is 6.61 Å². The number of nitrogens with zero attached hydrogens (tertiary/aromatic N) is 1. The van der Waals surface area contributed by atoms with Crippen molar-refractivity contribution >= 4 is 17.7 Å². The van der Waals surface area contributed by atoms with Gasteiger partial charge in [-0.3, -0.25) is 5.32 Å². The molecule has 1 aromatic carbocycles. The number of carbonyl (C=O) groups excluding carboxylic acids is 1. The van der Waals surface area contributed by atoms with Crippen LogP contribution < -0.4 is 21.1 Å². The minimum Gasteiger partial charge on any atom is -0.492 e. The van der Waals surface area contributed by atoms with E-state index in [9.17, 15) is 4.79 Å². The zero-order chi connectivity index (χ0) is 16.0. The highest BCUT2D eigenvalue weighted by molar-refractivity contribution is 5.97. The van der Waals surface area contributed by atoms with Crippen molar-refractivity contribution in [3.05, 3.63) is 23.8 Å². The van der Waals surface area contributed by atoms with Gasteiger partial charge in [-0.1, -0.05) is 12.1 Å². The number of hydrogen-bond donors (Lipinski definition) is 3. The van der Waals surface area contributed by atoms with E-state index >= 15 is 0 Å². The first kappa shape index (κ1) is 16.8. The number of guanidine groups is 1. The van der Waals surface area contributed by atoms with Crippen molar-refractivity contribution in [3.8, 4) is 5.75 Å². The van der Waals surface area contributed by atoms with E-state index in [2.05, 4.69) is 15.6 Å². The third-order valence-corrected chi connectivity index (χ3v) is 2.46. The van der Waals surface area contributed by atoms with Crippen LogP contribution in [0.15, 0.2) is 23.2 Å². The minimum atomic E-state index is -0.393. The number of carbonyl (C=O) groups is 1. The van der Waals surface area contributed by atoms with Crippen LogP contribution in [0.25, 0.3) is 0 Å². The van der Waals surface area contributed by atoms with Crippen molar-refractivity contribution in [3.63, 3.8) is 0 Å². The Bertz CT molecular complexity index is 533. The molecule has 0 aromatic heterocycles. The molecule has 2 amide bonds. The van der Waals surface area contributed by atoms with Crippen LogP contribution in [0.1, 0.15) is 33.3 Å². The van der Waals surface area contributed by atoms with Crippen LogP contribution in [-0.2, 0) is 0 Å². The maximum atomic E-state index is 11.7. The average Bonchev–Trinajstić information content (AvgIpc) is 2.31. The molecular formula is C15H24N4O2. The van der Waals surface area contributed by atoms with Gasteiger partial charge in [0.15, 0.2) is 0 Å². The van der Waals surface area contributed by atoms with Gasteiger partial charge in [0.1, 0.15) is 11.4 Å². The molecular weight excluding hydrogens is 268 g/mol. The maximum Gasteiger partial charge on any atom is 0.321 e. The summed E-state index contributed by atoms with van der Waals surface area (Å²) < 4.78 is 5.51. The summed E-state index contributed by atoms with van der Waals surface area (Å²) in [7, 11) is 0. The highest BCUT2D eigenvalue weighted by atomic mass is 16.5. The standard InChI is InChI=1S/C15H24N4O2/c1-6-21-11-9-7-8-10(2)12(11)17-13(16)18-14(20)19-15(3,4)5/h7-9H,6H2,1-5H3,(H4,16,17,18,19,20). The molecule has 0 saturated heterocycles. The lowest BCUT2D eigenvalue weighted by molar-refractivity contribution is 0.236. The molecule has 0 aliphatic carbocycles. The zero-order valence-electron chi connectivity index (χ0n) is 13.3. The molecule has 0 unspecified atom stereocenters. The number of aryl methyl sites for hydroxylation is 1. The highest BCUT2D eigenvalue weighted by Gasteiger charge is 2.14. The Balaban J connectivity index is 2.90. The topological polar surface area (TPSA) is 88.7 Å². The number of nitrogens with one attached hydrogen (secondary N) is 2. The Hall–Kier alpha value is -2.24.